The van der Waals surface area contributed by atoms with Crippen LogP contribution < -0.4 is 16.2 Å². The first-order chi connectivity index (χ1) is 14.5. The zero-order chi connectivity index (χ0) is 22.8. The average molecular weight is 460 g/mol. The third kappa shape index (κ3) is 5.39. The SMILES string of the molecule is Cc1ccc(C(=O)Nc2ccc(NC(=O)c3cccc(S(C)(=O)=O)c3)c(Cl)c2)c(=O)[nH]1. The molecule has 31 heavy (non-hydrogen) atoms. The average Bonchev–Trinajstić information content (AvgIpc) is 2.69. The van der Waals surface area contributed by atoms with Crippen molar-refractivity contribution in [2.24, 2.45) is 0 Å². The Labute approximate surface area is 183 Å². The van der Waals surface area contributed by atoms with E-state index in [0.29, 0.717) is 11.4 Å². The van der Waals surface area contributed by atoms with Crippen LogP contribution in [0.3, 0.4) is 0 Å². The number of hydrogen-bond acceptors (Lipinski definition) is 5. The van der Waals surface area contributed by atoms with Gasteiger partial charge in [-0.3, -0.25) is 14.4 Å². The largest absolute Gasteiger partial charge is 0.326 e. The van der Waals surface area contributed by atoms with Crippen LogP contribution in [0.2, 0.25) is 5.02 Å². The molecule has 160 valence electrons. The first-order valence-electron chi connectivity index (χ1n) is 8.97. The van der Waals surface area contributed by atoms with Crippen molar-refractivity contribution < 1.29 is 18.0 Å². The highest BCUT2D eigenvalue weighted by Gasteiger charge is 2.15. The van der Waals surface area contributed by atoms with Crippen LogP contribution in [0.15, 0.2) is 64.3 Å². The van der Waals surface area contributed by atoms with Gasteiger partial charge in [0.05, 0.1) is 15.6 Å². The van der Waals surface area contributed by atoms with E-state index < -0.39 is 27.2 Å². The van der Waals surface area contributed by atoms with E-state index in [1.165, 1.54) is 48.5 Å². The van der Waals surface area contributed by atoms with Crippen LogP contribution in [0.25, 0.3) is 0 Å². The van der Waals surface area contributed by atoms with E-state index >= 15 is 0 Å². The second-order valence-corrected chi connectivity index (χ2v) is 9.21. The van der Waals surface area contributed by atoms with Gasteiger partial charge in [0.15, 0.2) is 9.84 Å². The minimum atomic E-state index is -3.46. The Balaban J connectivity index is 1.76. The summed E-state index contributed by atoms with van der Waals surface area (Å²) in [6.07, 6.45) is 1.05. The Bertz CT molecular complexity index is 1350. The molecule has 0 spiro atoms. The minimum absolute atomic E-state index is 0.0235. The van der Waals surface area contributed by atoms with Crippen molar-refractivity contribution >= 4 is 44.6 Å². The lowest BCUT2D eigenvalue weighted by molar-refractivity contribution is 0.101. The number of hydrogen-bond donors (Lipinski definition) is 3. The number of nitrogens with one attached hydrogen (secondary N) is 3. The Morgan fingerprint density at radius 2 is 1.71 bits per heavy atom. The number of pyridine rings is 1. The Morgan fingerprint density at radius 1 is 0.968 bits per heavy atom. The summed E-state index contributed by atoms with van der Waals surface area (Å²) >= 11 is 6.22. The maximum Gasteiger partial charge on any atom is 0.261 e. The van der Waals surface area contributed by atoms with E-state index in [1.807, 2.05) is 0 Å². The predicted molar refractivity (Wildman–Crippen MR) is 119 cm³/mol. The first kappa shape index (κ1) is 22.3. The van der Waals surface area contributed by atoms with Crippen LogP contribution in [0.4, 0.5) is 11.4 Å². The molecule has 1 heterocycles. The Morgan fingerprint density at radius 3 is 2.35 bits per heavy atom. The summed E-state index contributed by atoms with van der Waals surface area (Å²) in [5.41, 5.74) is 0.810. The zero-order valence-electron chi connectivity index (χ0n) is 16.5. The van der Waals surface area contributed by atoms with Crippen LogP contribution >= 0.6 is 11.6 Å². The number of benzene rings is 2. The lowest BCUT2D eigenvalue weighted by Crippen LogP contribution is -2.23. The van der Waals surface area contributed by atoms with Gasteiger partial charge in [-0.2, -0.15) is 0 Å². The van der Waals surface area contributed by atoms with Crippen molar-refractivity contribution in [2.75, 3.05) is 16.9 Å². The summed E-state index contributed by atoms with van der Waals surface area (Å²) in [7, 11) is -3.46. The molecule has 3 aromatic rings. The Hall–Kier alpha value is -3.43. The van der Waals surface area contributed by atoms with Crippen molar-refractivity contribution in [1.29, 1.82) is 0 Å². The molecule has 0 saturated heterocycles. The Kier molecular flexibility index (Phi) is 6.28. The van der Waals surface area contributed by atoms with E-state index in [-0.39, 0.29) is 26.7 Å². The van der Waals surface area contributed by atoms with E-state index in [4.69, 9.17) is 11.6 Å². The summed E-state index contributed by atoms with van der Waals surface area (Å²) in [6.45, 7) is 1.70. The monoisotopic (exact) mass is 459 g/mol. The number of carbonyl (C=O) groups is 2. The molecule has 0 aliphatic carbocycles. The standard InChI is InChI=1S/C21H18ClN3O5S/c1-12-6-8-16(20(27)23-12)21(28)24-14-7-9-18(17(22)11-14)25-19(26)13-4-3-5-15(10-13)31(2,29)30/h3-11H,1-2H3,(H,23,27)(H,24,28)(H,25,26). The van der Waals surface area contributed by atoms with E-state index in [9.17, 15) is 22.8 Å². The third-order valence-electron chi connectivity index (χ3n) is 4.30. The fourth-order valence-corrected chi connectivity index (χ4v) is 3.60. The van der Waals surface area contributed by atoms with Crippen LogP contribution in [0.1, 0.15) is 26.4 Å². The highest BCUT2D eigenvalue weighted by atomic mass is 35.5. The number of carbonyl (C=O) groups excluding carboxylic acids is 2. The maximum atomic E-state index is 12.5. The molecule has 0 atom stereocenters. The summed E-state index contributed by atoms with van der Waals surface area (Å²) in [5, 5.41) is 5.31. The molecule has 0 fully saturated rings. The molecule has 8 nitrogen and oxygen atoms in total. The van der Waals surface area contributed by atoms with Crippen molar-refractivity contribution in [3.63, 3.8) is 0 Å². The summed E-state index contributed by atoms with van der Waals surface area (Å²) in [4.78, 5) is 39.3. The van der Waals surface area contributed by atoms with Crippen LogP contribution in [-0.4, -0.2) is 31.5 Å². The van der Waals surface area contributed by atoms with Gasteiger partial charge in [0.1, 0.15) is 5.56 Å². The summed E-state index contributed by atoms with van der Waals surface area (Å²) < 4.78 is 23.4. The number of aromatic nitrogens is 1. The highest BCUT2D eigenvalue weighted by Crippen LogP contribution is 2.26. The lowest BCUT2D eigenvalue weighted by atomic mass is 10.2. The lowest BCUT2D eigenvalue weighted by Gasteiger charge is -2.11. The number of rotatable bonds is 5. The van der Waals surface area contributed by atoms with Gasteiger partial charge in [0.25, 0.3) is 17.4 Å². The summed E-state index contributed by atoms with van der Waals surface area (Å²) in [5.74, 6) is -1.15. The van der Waals surface area contributed by atoms with Gasteiger partial charge < -0.3 is 15.6 Å². The molecule has 0 radical (unpaired) electrons. The van der Waals surface area contributed by atoms with Crippen molar-refractivity contribution in [3.05, 3.63) is 86.8 Å². The molecular weight excluding hydrogens is 442 g/mol. The molecule has 2 aromatic carbocycles. The van der Waals surface area contributed by atoms with Crippen molar-refractivity contribution in [2.45, 2.75) is 11.8 Å². The number of aromatic amines is 1. The van der Waals surface area contributed by atoms with E-state index in [1.54, 1.807) is 13.0 Å². The highest BCUT2D eigenvalue weighted by molar-refractivity contribution is 7.90. The number of amides is 2. The van der Waals surface area contributed by atoms with Gasteiger partial charge in [0.2, 0.25) is 0 Å². The molecule has 1 aromatic heterocycles. The molecule has 3 rings (SSSR count). The molecule has 10 heteroatoms. The third-order valence-corrected chi connectivity index (χ3v) is 5.72. The fourth-order valence-electron chi connectivity index (χ4n) is 2.71. The molecule has 0 aliphatic rings. The number of aryl methyl sites for hydroxylation is 1. The molecule has 0 saturated carbocycles. The van der Waals surface area contributed by atoms with Crippen LogP contribution in [0.5, 0.6) is 0 Å². The number of H-pyrrole nitrogens is 1. The zero-order valence-corrected chi connectivity index (χ0v) is 18.1. The second kappa shape index (κ2) is 8.75. The van der Waals surface area contributed by atoms with E-state index in [0.717, 1.165) is 6.26 Å². The molecule has 0 aliphatic heterocycles. The molecule has 0 bridgehead atoms. The van der Waals surface area contributed by atoms with Gasteiger partial charge >= 0.3 is 0 Å². The van der Waals surface area contributed by atoms with Crippen LogP contribution in [-0.2, 0) is 9.84 Å². The summed E-state index contributed by atoms with van der Waals surface area (Å²) in [6, 6.07) is 13.1. The topological polar surface area (TPSA) is 125 Å². The smallest absolute Gasteiger partial charge is 0.261 e. The maximum absolute atomic E-state index is 12.5. The molecular formula is C21H18ClN3O5S. The van der Waals surface area contributed by atoms with E-state index in [2.05, 4.69) is 15.6 Å². The van der Waals surface area contributed by atoms with Gasteiger partial charge in [-0.05, 0) is 55.5 Å². The van der Waals surface area contributed by atoms with Gasteiger partial charge in [0, 0.05) is 23.2 Å². The number of anilines is 2. The molecule has 3 N–H and O–H groups in total. The van der Waals surface area contributed by atoms with Crippen molar-refractivity contribution in [1.82, 2.24) is 4.98 Å². The predicted octanol–water partition coefficient (Wildman–Crippen LogP) is 3.24. The van der Waals surface area contributed by atoms with Gasteiger partial charge in [-0.15, -0.1) is 0 Å². The minimum Gasteiger partial charge on any atom is -0.326 e. The van der Waals surface area contributed by atoms with Gasteiger partial charge in [-0.25, -0.2) is 8.42 Å². The quantitative estimate of drug-likeness (QED) is 0.540. The molecule has 2 amide bonds. The number of halogens is 1. The first-order valence-corrected chi connectivity index (χ1v) is 11.2. The fraction of sp³-hybridized carbons (Fsp3) is 0.0952. The molecule has 0 unspecified atom stereocenters. The van der Waals surface area contributed by atoms with Crippen LogP contribution in [0, 0.1) is 6.92 Å². The second-order valence-electron chi connectivity index (χ2n) is 6.79. The normalized spacial score (nSPS) is 11.1. The number of sulfone groups is 1. The van der Waals surface area contributed by atoms with Crippen molar-refractivity contribution in [3.8, 4) is 0 Å². The van der Waals surface area contributed by atoms with Gasteiger partial charge in [-0.1, -0.05) is 17.7 Å².